The highest BCUT2D eigenvalue weighted by Crippen LogP contribution is 2.26. The number of halogens is 1. The molecule has 0 bridgehead atoms. The van der Waals surface area contributed by atoms with Crippen LogP contribution in [0.1, 0.15) is 36.0 Å². The van der Waals surface area contributed by atoms with Crippen LogP contribution in [-0.4, -0.2) is 22.0 Å². The van der Waals surface area contributed by atoms with Crippen LogP contribution in [0.4, 0.5) is 5.69 Å². The molecule has 1 heterocycles. The van der Waals surface area contributed by atoms with E-state index in [1.165, 1.54) is 6.08 Å². The molecule has 0 atom stereocenters. The van der Waals surface area contributed by atoms with Crippen molar-refractivity contribution in [3.05, 3.63) is 107 Å². The summed E-state index contributed by atoms with van der Waals surface area (Å²) in [5, 5.41) is 12.3. The average molecular weight is 447 g/mol. The molecular formula is C26H23ClN2O3. The molecule has 0 spiro atoms. The standard InChI is InChI=1S/C26H23ClN2O3/c27-24-12-3-1-7-19(24)14-15-25(30)29-22-10-5-8-20(17-22)23(11-2-4-13-26(31)32)21-9-6-16-28-18-21/h1,3,5-12,14-18H,2,4,13H2,(H,29,30)(H,31,32). The van der Waals surface area contributed by atoms with Gasteiger partial charge in [0.25, 0.3) is 0 Å². The maximum absolute atomic E-state index is 12.4. The number of nitrogens with zero attached hydrogens (tertiary/aromatic N) is 1. The molecule has 0 aliphatic rings. The number of aliphatic carboxylic acids is 1. The molecule has 1 amide bonds. The molecule has 0 unspecified atom stereocenters. The molecule has 0 aliphatic carbocycles. The number of allylic oxidation sites excluding steroid dienone is 1. The quantitative estimate of drug-likeness (QED) is 0.308. The van der Waals surface area contributed by atoms with E-state index in [0.29, 0.717) is 23.6 Å². The second kappa shape index (κ2) is 11.6. The van der Waals surface area contributed by atoms with Gasteiger partial charge in [-0.2, -0.15) is 0 Å². The molecule has 6 heteroatoms. The van der Waals surface area contributed by atoms with Crippen LogP contribution in [0.2, 0.25) is 5.02 Å². The number of carboxylic acids is 1. The molecule has 2 aromatic carbocycles. The Balaban J connectivity index is 1.78. The summed E-state index contributed by atoms with van der Waals surface area (Å²) in [6.07, 6.45) is 9.87. The predicted molar refractivity (Wildman–Crippen MR) is 128 cm³/mol. The van der Waals surface area contributed by atoms with E-state index in [-0.39, 0.29) is 12.3 Å². The molecule has 3 aromatic rings. The van der Waals surface area contributed by atoms with E-state index in [2.05, 4.69) is 10.3 Å². The third-order valence-electron chi connectivity index (χ3n) is 4.68. The highest BCUT2D eigenvalue weighted by Gasteiger charge is 2.08. The fraction of sp³-hybridized carbons (Fsp3) is 0.115. The number of benzene rings is 2. The number of carboxylic acid groups (broad SMARTS) is 1. The number of hydrogen-bond acceptors (Lipinski definition) is 3. The summed E-state index contributed by atoms with van der Waals surface area (Å²) in [7, 11) is 0. The first-order valence-electron chi connectivity index (χ1n) is 10.2. The lowest BCUT2D eigenvalue weighted by Gasteiger charge is -2.11. The van der Waals surface area contributed by atoms with Gasteiger partial charge in [0.1, 0.15) is 0 Å². The van der Waals surface area contributed by atoms with E-state index >= 15 is 0 Å². The minimum atomic E-state index is -0.809. The number of carbonyl (C=O) groups excluding carboxylic acids is 1. The zero-order valence-electron chi connectivity index (χ0n) is 17.4. The van der Waals surface area contributed by atoms with Gasteiger partial charge in [-0.05, 0) is 59.9 Å². The van der Waals surface area contributed by atoms with Crippen LogP contribution in [0.15, 0.2) is 85.2 Å². The molecule has 0 saturated carbocycles. The van der Waals surface area contributed by atoms with Gasteiger partial charge in [-0.1, -0.05) is 54.1 Å². The Labute approximate surface area is 192 Å². The molecule has 162 valence electrons. The monoisotopic (exact) mass is 446 g/mol. The van der Waals surface area contributed by atoms with Crippen molar-refractivity contribution in [2.24, 2.45) is 0 Å². The minimum absolute atomic E-state index is 0.116. The molecule has 0 fully saturated rings. The van der Waals surface area contributed by atoms with E-state index in [4.69, 9.17) is 16.7 Å². The summed E-state index contributed by atoms with van der Waals surface area (Å²) >= 11 is 6.12. The van der Waals surface area contributed by atoms with Crippen LogP contribution >= 0.6 is 11.6 Å². The molecule has 0 saturated heterocycles. The van der Waals surface area contributed by atoms with E-state index in [9.17, 15) is 9.59 Å². The van der Waals surface area contributed by atoms with Crippen LogP contribution in [0.5, 0.6) is 0 Å². The van der Waals surface area contributed by atoms with Gasteiger partial charge in [-0.15, -0.1) is 0 Å². The van der Waals surface area contributed by atoms with E-state index < -0.39 is 5.97 Å². The first-order chi connectivity index (χ1) is 15.5. The van der Waals surface area contributed by atoms with Gasteiger partial charge in [0.05, 0.1) is 0 Å². The average Bonchev–Trinajstić information content (AvgIpc) is 2.79. The normalized spacial score (nSPS) is 11.5. The highest BCUT2D eigenvalue weighted by atomic mass is 35.5. The Morgan fingerprint density at radius 3 is 2.59 bits per heavy atom. The van der Waals surface area contributed by atoms with Crippen LogP contribution in [0.25, 0.3) is 11.6 Å². The first-order valence-corrected chi connectivity index (χ1v) is 10.6. The van der Waals surface area contributed by atoms with Crippen molar-refractivity contribution in [2.45, 2.75) is 19.3 Å². The van der Waals surface area contributed by atoms with Crippen LogP contribution in [0, 0.1) is 0 Å². The molecule has 2 N–H and O–H groups in total. The number of anilines is 1. The molecule has 1 aromatic heterocycles. The van der Waals surface area contributed by atoms with Gasteiger partial charge in [-0.3, -0.25) is 14.6 Å². The molecule has 5 nitrogen and oxygen atoms in total. The topological polar surface area (TPSA) is 79.3 Å². The second-order valence-electron chi connectivity index (χ2n) is 7.07. The number of nitrogens with one attached hydrogen (secondary N) is 1. The molecule has 0 aliphatic heterocycles. The summed E-state index contributed by atoms with van der Waals surface area (Å²) < 4.78 is 0. The van der Waals surface area contributed by atoms with Crippen molar-refractivity contribution in [1.82, 2.24) is 4.98 Å². The predicted octanol–water partition coefficient (Wildman–Crippen LogP) is 6.07. The van der Waals surface area contributed by atoms with Crippen molar-refractivity contribution in [3.63, 3.8) is 0 Å². The molecule has 32 heavy (non-hydrogen) atoms. The zero-order chi connectivity index (χ0) is 22.8. The van der Waals surface area contributed by atoms with Crippen molar-refractivity contribution in [1.29, 1.82) is 0 Å². The zero-order valence-corrected chi connectivity index (χ0v) is 18.1. The van der Waals surface area contributed by atoms with Crippen LogP contribution in [-0.2, 0) is 9.59 Å². The molecular weight excluding hydrogens is 424 g/mol. The maximum atomic E-state index is 12.4. The minimum Gasteiger partial charge on any atom is -0.481 e. The number of unbranched alkanes of at least 4 members (excludes halogenated alkanes) is 1. The van der Waals surface area contributed by atoms with Gasteiger partial charge < -0.3 is 10.4 Å². The summed E-state index contributed by atoms with van der Waals surface area (Å²) in [4.78, 5) is 27.4. The summed E-state index contributed by atoms with van der Waals surface area (Å²) in [6, 6.07) is 18.6. The summed E-state index contributed by atoms with van der Waals surface area (Å²) in [5.74, 6) is -1.08. The smallest absolute Gasteiger partial charge is 0.303 e. The van der Waals surface area contributed by atoms with Gasteiger partial charge in [-0.25, -0.2) is 0 Å². The van der Waals surface area contributed by atoms with Gasteiger partial charge in [0.2, 0.25) is 5.91 Å². The van der Waals surface area contributed by atoms with Gasteiger partial charge >= 0.3 is 5.97 Å². The Morgan fingerprint density at radius 1 is 1.03 bits per heavy atom. The third kappa shape index (κ3) is 6.93. The number of amides is 1. The van der Waals surface area contributed by atoms with Crippen molar-refractivity contribution in [3.8, 4) is 0 Å². The Morgan fingerprint density at radius 2 is 1.84 bits per heavy atom. The van der Waals surface area contributed by atoms with Crippen molar-refractivity contribution in [2.75, 3.05) is 5.32 Å². The van der Waals surface area contributed by atoms with E-state index in [1.807, 2.05) is 60.7 Å². The summed E-state index contributed by atoms with van der Waals surface area (Å²) in [5.41, 5.74) is 4.18. The lowest BCUT2D eigenvalue weighted by molar-refractivity contribution is -0.137. The maximum Gasteiger partial charge on any atom is 0.303 e. The van der Waals surface area contributed by atoms with Crippen LogP contribution < -0.4 is 5.32 Å². The first kappa shape index (κ1) is 23.0. The SMILES string of the molecule is O=C(O)CCCC=C(c1cccnc1)c1cccc(NC(=O)C=Cc2ccccc2Cl)c1. The largest absolute Gasteiger partial charge is 0.481 e. The second-order valence-corrected chi connectivity index (χ2v) is 7.48. The van der Waals surface area contributed by atoms with Crippen molar-refractivity contribution < 1.29 is 14.7 Å². The Hall–Kier alpha value is -3.70. The lowest BCUT2D eigenvalue weighted by atomic mass is 9.97. The number of rotatable bonds is 9. The fourth-order valence-electron chi connectivity index (χ4n) is 3.15. The number of carbonyl (C=O) groups is 2. The number of pyridine rings is 1. The Kier molecular flexibility index (Phi) is 8.35. The van der Waals surface area contributed by atoms with Gasteiger partial charge in [0.15, 0.2) is 0 Å². The number of aromatic nitrogens is 1. The fourth-order valence-corrected chi connectivity index (χ4v) is 3.35. The lowest BCUT2D eigenvalue weighted by Crippen LogP contribution is -2.08. The molecule has 0 radical (unpaired) electrons. The van der Waals surface area contributed by atoms with Gasteiger partial charge in [0, 0.05) is 41.2 Å². The van der Waals surface area contributed by atoms with E-state index in [1.54, 1.807) is 24.5 Å². The Bertz CT molecular complexity index is 1140. The third-order valence-corrected chi connectivity index (χ3v) is 5.02. The number of hydrogen-bond donors (Lipinski definition) is 2. The molecule has 3 rings (SSSR count). The van der Waals surface area contributed by atoms with E-state index in [0.717, 1.165) is 22.3 Å². The van der Waals surface area contributed by atoms with Crippen LogP contribution in [0.3, 0.4) is 0 Å². The summed E-state index contributed by atoms with van der Waals surface area (Å²) in [6.45, 7) is 0. The van der Waals surface area contributed by atoms with Crippen molar-refractivity contribution >= 4 is 40.8 Å². The highest BCUT2D eigenvalue weighted by molar-refractivity contribution is 6.32.